The minimum Gasteiger partial charge on any atom is -0.507 e. The maximum Gasteiger partial charge on any atom is 0.337 e. The highest BCUT2D eigenvalue weighted by molar-refractivity contribution is 6.02. The van der Waals surface area contributed by atoms with Gasteiger partial charge in [0.05, 0.1) is 24.3 Å². The summed E-state index contributed by atoms with van der Waals surface area (Å²) >= 11 is 0. The van der Waals surface area contributed by atoms with Gasteiger partial charge in [0.1, 0.15) is 24.7 Å². The number of aromatic hydroxyl groups is 1. The molecule has 1 fully saturated rings. The van der Waals surface area contributed by atoms with E-state index in [1.54, 1.807) is 13.0 Å². The molecular weight excluding hydrogens is 546 g/mol. The van der Waals surface area contributed by atoms with Crippen molar-refractivity contribution in [1.82, 2.24) is 15.4 Å². The monoisotopic (exact) mass is 581 g/mol. The zero-order valence-electron chi connectivity index (χ0n) is 23.8. The average Bonchev–Trinajstić information content (AvgIpc) is 3.39. The van der Waals surface area contributed by atoms with E-state index in [2.05, 4.69) is 15.4 Å². The number of carboxylic acid groups (broad SMARTS) is 1. The Bertz CT molecular complexity index is 1410. The second kappa shape index (κ2) is 14.1. The van der Waals surface area contributed by atoms with Crippen LogP contribution in [0.1, 0.15) is 48.3 Å². The molecule has 2 heterocycles. The number of nitrogens with one attached hydrogen (secondary N) is 1. The fourth-order valence-corrected chi connectivity index (χ4v) is 4.62. The molecule has 1 saturated heterocycles. The summed E-state index contributed by atoms with van der Waals surface area (Å²) in [4.78, 5) is 38.2. The second-order valence-corrected chi connectivity index (χ2v) is 10.1. The van der Waals surface area contributed by atoms with Gasteiger partial charge in [0, 0.05) is 32.2 Å². The first-order chi connectivity index (χ1) is 20.2. The number of ether oxygens (including phenoxy) is 3. The number of benzene rings is 2. The lowest BCUT2D eigenvalue weighted by Gasteiger charge is -2.26. The van der Waals surface area contributed by atoms with Crippen LogP contribution >= 0.6 is 0 Å². The van der Waals surface area contributed by atoms with Gasteiger partial charge in [-0.15, -0.1) is 0 Å². The van der Waals surface area contributed by atoms with Gasteiger partial charge in [-0.2, -0.15) is 0 Å². The Morgan fingerprint density at radius 1 is 1.10 bits per heavy atom. The molecule has 1 aliphatic heterocycles. The van der Waals surface area contributed by atoms with Crippen molar-refractivity contribution in [3.05, 3.63) is 53.2 Å². The maximum absolute atomic E-state index is 13.0. The molecule has 0 bridgehead atoms. The standard InChI is InChI=1S/C30H35N3O9/c1-4-31-30(38)28-27(20-7-5-19(6-8-20)15-33-9-11-39-12-10-33)29(42-32-28)22-13-21(18(2)3)24(14-23(22)34)41-26(37)17-40-16-25(35)36/h5-8,13-14,18,34H,4,9-12,15-17H2,1-3H3,(H,31,38)(H,35,36). The van der Waals surface area contributed by atoms with E-state index >= 15 is 0 Å². The van der Waals surface area contributed by atoms with E-state index in [0.717, 1.165) is 25.2 Å². The van der Waals surface area contributed by atoms with E-state index in [1.165, 1.54) is 6.07 Å². The molecular formula is C30H35N3O9. The Balaban J connectivity index is 1.69. The molecule has 1 aliphatic rings. The number of carbonyl (C=O) groups excluding carboxylic acids is 2. The Morgan fingerprint density at radius 3 is 2.45 bits per heavy atom. The molecule has 0 saturated carbocycles. The van der Waals surface area contributed by atoms with E-state index in [1.807, 2.05) is 38.1 Å². The van der Waals surface area contributed by atoms with Crippen LogP contribution in [-0.4, -0.2) is 84.2 Å². The average molecular weight is 582 g/mol. The largest absolute Gasteiger partial charge is 0.507 e. The number of phenols is 1. The van der Waals surface area contributed by atoms with Crippen LogP contribution in [0.15, 0.2) is 40.9 Å². The topological polar surface area (TPSA) is 161 Å². The fraction of sp³-hybridized carbons (Fsp3) is 0.400. The molecule has 3 aromatic rings. The van der Waals surface area contributed by atoms with Crippen molar-refractivity contribution in [2.75, 3.05) is 46.1 Å². The summed E-state index contributed by atoms with van der Waals surface area (Å²) < 4.78 is 21.3. The van der Waals surface area contributed by atoms with Crippen molar-refractivity contribution >= 4 is 17.8 Å². The molecule has 42 heavy (non-hydrogen) atoms. The number of aromatic nitrogens is 1. The van der Waals surface area contributed by atoms with Crippen LogP contribution < -0.4 is 10.1 Å². The number of rotatable bonds is 12. The normalized spacial score (nSPS) is 13.7. The number of amides is 1. The maximum atomic E-state index is 13.0. The van der Waals surface area contributed by atoms with Crippen LogP contribution in [0.5, 0.6) is 11.5 Å². The molecule has 4 rings (SSSR count). The van der Waals surface area contributed by atoms with Crippen molar-refractivity contribution in [1.29, 1.82) is 0 Å². The van der Waals surface area contributed by atoms with Crippen LogP contribution in [0.3, 0.4) is 0 Å². The summed E-state index contributed by atoms with van der Waals surface area (Å²) in [6.07, 6.45) is 0. The predicted molar refractivity (Wildman–Crippen MR) is 151 cm³/mol. The molecule has 1 amide bonds. The number of phenolic OH excluding ortho intramolecular Hbond substituents is 1. The lowest BCUT2D eigenvalue weighted by Crippen LogP contribution is -2.35. The summed E-state index contributed by atoms with van der Waals surface area (Å²) in [5, 5.41) is 26.6. The smallest absolute Gasteiger partial charge is 0.337 e. The molecule has 0 radical (unpaired) electrons. The number of hydrogen-bond donors (Lipinski definition) is 3. The van der Waals surface area contributed by atoms with Crippen LogP contribution in [-0.2, 0) is 25.6 Å². The van der Waals surface area contributed by atoms with Crippen molar-refractivity contribution in [3.63, 3.8) is 0 Å². The van der Waals surface area contributed by atoms with E-state index in [-0.39, 0.29) is 34.4 Å². The first kappa shape index (κ1) is 30.7. The van der Waals surface area contributed by atoms with Crippen molar-refractivity contribution in [2.24, 2.45) is 0 Å². The number of carboxylic acids is 1. The lowest BCUT2D eigenvalue weighted by molar-refractivity contribution is -0.147. The molecule has 12 heteroatoms. The number of morpholine rings is 1. The van der Waals surface area contributed by atoms with Gasteiger partial charge in [0.2, 0.25) is 0 Å². The summed E-state index contributed by atoms with van der Waals surface area (Å²) in [5.41, 5.74) is 3.09. The summed E-state index contributed by atoms with van der Waals surface area (Å²) in [6.45, 7) is 8.61. The number of hydrogen-bond acceptors (Lipinski definition) is 10. The predicted octanol–water partition coefficient (Wildman–Crippen LogP) is 3.43. The zero-order chi connectivity index (χ0) is 30.2. The molecule has 0 spiro atoms. The van der Waals surface area contributed by atoms with Crippen molar-refractivity contribution in [3.8, 4) is 33.9 Å². The zero-order valence-corrected chi connectivity index (χ0v) is 23.8. The van der Waals surface area contributed by atoms with Gasteiger partial charge in [-0.05, 0) is 35.6 Å². The van der Waals surface area contributed by atoms with Gasteiger partial charge >= 0.3 is 11.9 Å². The highest BCUT2D eigenvalue weighted by Crippen LogP contribution is 2.43. The van der Waals surface area contributed by atoms with Gasteiger partial charge in [-0.3, -0.25) is 9.69 Å². The van der Waals surface area contributed by atoms with Gasteiger partial charge in [0.15, 0.2) is 11.5 Å². The van der Waals surface area contributed by atoms with E-state index < -0.39 is 31.1 Å². The number of esters is 1. The Hall–Kier alpha value is -4.26. The van der Waals surface area contributed by atoms with E-state index in [4.69, 9.17) is 23.8 Å². The molecule has 2 aromatic carbocycles. The minimum atomic E-state index is -1.21. The van der Waals surface area contributed by atoms with Crippen LogP contribution in [0.4, 0.5) is 0 Å². The van der Waals surface area contributed by atoms with Crippen molar-refractivity contribution < 1.29 is 43.3 Å². The Kier molecular flexibility index (Phi) is 10.3. The SMILES string of the molecule is CCNC(=O)c1noc(-c2cc(C(C)C)c(OC(=O)COCC(=O)O)cc2O)c1-c1ccc(CN2CCOCC2)cc1. The van der Waals surface area contributed by atoms with Crippen LogP contribution in [0.25, 0.3) is 22.5 Å². The molecule has 12 nitrogen and oxygen atoms in total. The first-order valence-electron chi connectivity index (χ1n) is 13.7. The third kappa shape index (κ3) is 7.52. The van der Waals surface area contributed by atoms with E-state index in [9.17, 15) is 19.5 Å². The fourth-order valence-electron chi connectivity index (χ4n) is 4.62. The van der Waals surface area contributed by atoms with Gasteiger partial charge in [-0.1, -0.05) is 43.3 Å². The third-order valence-corrected chi connectivity index (χ3v) is 6.66. The summed E-state index contributed by atoms with van der Waals surface area (Å²) in [6, 6.07) is 10.7. The third-order valence-electron chi connectivity index (χ3n) is 6.66. The number of nitrogens with zero attached hydrogens (tertiary/aromatic N) is 2. The molecule has 0 aliphatic carbocycles. The summed E-state index contributed by atoms with van der Waals surface area (Å²) in [7, 11) is 0. The molecule has 224 valence electrons. The van der Waals surface area contributed by atoms with Crippen molar-refractivity contribution in [2.45, 2.75) is 33.2 Å². The van der Waals surface area contributed by atoms with Crippen LogP contribution in [0.2, 0.25) is 0 Å². The molecule has 3 N–H and O–H groups in total. The number of carbonyl (C=O) groups is 3. The lowest BCUT2D eigenvalue weighted by atomic mass is 9.93. The van der Waals surface area contributed by atoms with E-state index in [0.29, 0.717) is 36.4 Å². The highest BCUT2D eigenvalue weighted by Gasteiger charge is 2.28. The minimum absolute atomic E-state index is 0.0735. The number of aliphatic carboxylic acids is 1. The molecule has 0 atom stereocenters. The van der Waals surface area contributed by atoms with Gasteiger partial charge < -0.3 is 34.3 Å². The molecule has 1 aromatic heterocycles. The Labute approximate surface area is 243 Å². The van der Waals surface area contributed by atoms with Gasteiger partial charge in [-0.25, -0.2) is 9.59 Å². The molecule has 0 unspecified atom stereocenters. The van der Waals surface area contributed by atoms with Crippen LogP contribution in [0, 0.1) is 0 Å². The highest BCUT2D eigenvalue weighted by atomic mass is 16.6. The first-order valence-corrected chi connectivity index (χ1v) is 13.7. The quantitative estimate of drug-likeness (QED) is 0.212. The van der Waals surface area contributed by atoms with Gasteiger partial charge in [0.25, 0.3) is 5.91 Å². The summed E-state index contributed by atoms with van der Waals surface area (Å²) in [5.74, 6) is -2.60. The Morgan fingerprint density at radius 2 is 1.81 bits per heavy atom. The second-order valence-electron chi connectivity index (χ2n) is 10.1.